The normalized spacial score (nSPS) is 18.9. The van der Waals surface area contributed by atoms with Gasteiger partial charge in [-0.05, 0) is 37.0 Å². The molecular weight excluding hydrogens is 278 g/mol. The van der Waals surface area contributed by atoms with Crippen molar-refractivity contribution in [1.29, 1.82) is 0 Å². The van der Waals surface area contributed by atoms with Crippen LogP contribution in [-0.4, -0.2) is 36.4 Å². The number of aliphatic hydroxyl groups is 1. The summed E-state index contributed by atoms with van der Waals surface area (Å²) in [5.74, 6) is 0. The lowest BCUT2D eigenvalue weighted by molar-refractivity contribution is -0.0290. The Balaban J connectivity index is 1.41. The van der Waals surface area contributed by atoms with Gasteiger partial charge in [-0.3, -0.25) is 0 Å². The maximum Gasteiger partial charge on any atom is 0.315 e. The Morgan fingerprint density at radius 1 is 1.14 bits per heavy atom. The molecule has 2 aliphatic rings. The molecule has 0 aromatic heterocycles. The molecule has 1 fully saturated rings. The van der Waals surface area contributed by atoms with Crippen LogP contribution in [-0.2, 0) is 6.54 Å². The van der Waals surface area contributed by atoms with E-state index in [4.69, 9.17) is 0 Å². The number of amides is 2. The van der Waals surface area contributed by atoms with Crippen molar-refractivity contribution in [3.8, 4) is 0 Å². The molecule has 5 heteroatoms. The van der Waals surface area contributed by atoms with Gasteiger partial charge in [0, 0.05) is 31.9 Å². The van der Waals surface area contributed by atoms with Gasteiger partial charge in [0.15, 0.2) is 0 Å². The lowest BCUT2D eigenvalue weighted by Crippen LogP contribution is -2.49. The number of urea groups is 1. The molecule has 1 aliphatic carbocycles. The SMILES string of the molecule is O=C(NCc1ccc(N2CC=CC2)cc1)NCC1(O)CCC1. The Morgan fingerprint density at radius 2 is 1.82 bits per heavy atom. The Hall–Kier alpha value is -2.01. The first-order chi connectivity index (χ1) is 10.6. The highest BCUT2D eigenvalue weighted by molar-refractivity contribution is 5.73. The van der Waals surface area contributed by atoms with E-state index in [1.54, 1.807) is 0 Å². The lowest BCUT2D eigenvalue weighted by atomic mass is 9.80. The highest BCUT2D eigenvalue weighted by atomic mass is 16.3. The minimum absolute atomic E-state index is 0.229. The number of carbonyl (C=O) groups excluding carboxylic acids is 1. The molecule has 1 heterocycles. The van der Waals surface area contributed by atoms with Crippen molar-refractivity contribution in [3.63, 3.8) is 0 Å². The molecule has 0 spiro atoms. The van der Waals surface area contributed by atoms with Crippen LogP contribution >= 0.6 is 0 Å². The van der Waals surface area contributed by atoms with Crippen LogP contribution in [0.2, 0.25) is 0 Å². The molecule has 118 valence electrons. The van der Waals surface area contributed by atoms with E-state index in [1.807, 2.05) is 12.1 Å². The van der Waals surface area contributed by atoms with Gasteiger partial charge in [-0.2, -0.15) is 0 Å². The Labute approximate surface area is 131 Å². The van der Waals surface area contributed by atoms with Gasteiger partial charge in [-0.1, -0.05) is 24.3 Å². The minimum Gasteiger partial charge on any atom is -0.388 e. The molecule has 3 rings (SSSR count). The minimum atomic E-state index is -0.678. The van der Waals surface area contributed by atoms with E-state index >= 15 is 0 Å². The molecule has 22 heavy (non-hydrogen) atoms. The first kappa shape index (κ1) is 14.9. The van der Waals surface area contributed by atoms with Gasteiger partial charge in [0.05, 0.1) is 5.60 Å². The lowest BCUT2D eigenvalue weighted by Gasteiger charge is -2.36. The van der Waals surface area contributed by atoms with Gasteiger partial charge in [0.1, 0.15) is 0 Å². The maximum atomic E-state index is 11.7. The number of nitrogens with zero attached hydrogens (tertiary/aromatic N) is 1. The highest BCUT2D eigenvalue weighted by Gasteiger charge is 2.34. The van der Waals surface area contributed by atoms with Crippen LogP contribution in [0.15, 0.2) is 36.4 Å². The standard InChI is InChI=1S/C17H23N3O2/c21-16(19-13-17(22)8-3-9-17)18-12-14-4-6-15(7-5-14)20-10-1-2-11-20/h1-2,4-7,22H,3,8-13H2,(H2,18,19,21). The summed E-state index contributed by atoms with van der Waals surface area (Å²) in [5.41, 5.74) is 1.58. The first-order valence-corrected chi connectivity index (χ1v) is 7.88. The van der Waals surface area contributed by atoms with Crippen molar-refractivity contribution in [1.82, 2.24) is 10.6 Å². The average molecular weight is 301 g/mol. The molecule has 1 aromatic carbocycles. The van der Waals surface area contributed by atoms with Gasteiger partial charge >= 0.3 is 6.03 Å². The summed E-state index contributed by atoms with van der Waals surface area (Å²) in [7, 11) is 0. The molecule has 2 amide bonds. The zero-order chi connectivity index (χ0) is 15.4. The van der Waals surface area contributed by atoms with Crippen molar-refractivity contribution >= 4 is 11.7 Å². The molecule has 3 N–H and O–H groups in total. The molecule has 0 bridgehead atoms. The van der Waals surface area contributed by atoms with Crippen LogP contribution in [0.1, 0.15) is 24.8 Å². The number of hydrogen-bond acceptors (Lipinski definition) is 3. The summed E-state index contributed by atoms with van der Waals surface area (Å²) in [6.45, 7) is 2.74. The zero-order valence-electron chi connectivity index (χ0n) is 12.7. The molecule has 1 aliphatic heterocycles. The molecule has 0 saturated heterocycles. The van der Waals surface area contributed by atoms with Gasteiger partial charge < -0.3 is 20.6 Å². The van der Waals surface area contributed by atoms with E-state index in [0.29, 0.717) is 13.1 Å². The molecule has 5 nitrogen and oxygen atoms in total. The van der Waals surface area contributed by atoms with Gasteiger partial charge in [-0.15, -0.1) is 0 Å². The average Bonchev–Trinajstić information content (AvgIpc) is 3.04. The number of rotatable bonds is 5. The smallest absolute Gasteiger partial charge is 0.315 e. The van der Waals surface area contributed by atoms with E-state index in [0.717, 1.165) is 37.9 Å². The fraction of sp³-hybridized carbons (Fsp3) is 0.471. The van der Waals surface area contributed by atoms with E-state index in [-0.39, 0.29) is 6.03 Å². The molecule has 1 saturated carbocycles. The molecule has 0 unspecified atom stereocenters. The third-order valence-electron chi connectivity index (χ3n) is 4.44. The van der Waals surface area contributed by atoms with Crippen LogP contribution in [0, 0.1) is 0 Å². The summed E-state index contributed by atoms with van der Waals surface area (Å²) in [4.78, 5) is 14.0. The second-order valence-corrected chi connectivity index (χ2v) is 6.16. The predicted molar refractivity (Wildman–Crippen MR) is 86.8 cm³/mol. The number of carbonyl (C=O) groups is 1. The van der Waals surface area contributed by atoms with Crippen LogP contribution in [0.5, 0.6) is 0 Å². The molecule has 0 atom stereocenters. The largest absolute Gasteiger partial charge is 0.388 e. The van der Waals surface area contributed by atoms with Gasteiger partial charge in [0.2, 0.25) is 0 Å². The van der Waals surface area contributed by atoms with E-state index < -0.39 is 5.60 Å². The summed E-state index contributed by atoms with van der Waals surface area (Å²) in [6, 6.07) is 8.01. The number of hydrogen-bond donors (Lipinski definition) is 3. The molecule has 1 aromatic rings. The summed E-state index contributed by atoms with van der Waals surface area (Å²) >= 11 is 0. The van der Waals surface area contributed by atoms with E-state index in [1.165, 1.54) is 5.69 Å². The Morgan fingerprint density at radius 3 is 2.41 bits per heavy atom. The number of benzene rings is 1. The van der Waals surface area contributed by atoms with Crippen LogP contribution < -0.4 is 15.5 Å². The Bertz CT molecular complexity index is 542. The topological polar surface area (TPSA) is 64.6 Å². The van der Waals surface area contributed by atoms with Crippen LogP contribution in [0.4, 0.5) is 10.5 Å². The quantitative estimate of drug-likeness (QED) is 0.726. The van der Waals surface area contributed by atoms with E-state index in [9.17, 15) is 9.90 Å². The predicted octanol–water partition coefficient (Wildman–Crippen LogP) is 1.78. The van der Waals surface area contributed by atoms with Crippen molar-refractivity contribution in [3.05, 3.63) is 42.0 Å². The van der Waals surface area contributed by atoms with Crippen molar-refractivity contribution in [2.75, 3.05) is 24.5 Å². The fourth-order valence-corrected chi connectivity index (χ4v) is 2.76. The third-order valence-corrected chi connectivity index (χ3v) is 4.44. The highest BCUT2D eigenvalue weighted by Crippen LogP contribution is 2.30. The molecule has 0 radical (unpaired) electrons. The Kier molecular flexibility index (Phi) is 4.34. The second-order valence-electron chi connectivity index (χ2n) is 6.16. The summed E-state index contributed by atoms with van der Waals surface area (Å²) in [5, 5.41) is 15.5. The zero-order valence-corrected chi connectivity index (χ0v) is 12.7. The monoisotopic (exact) mass is 301 g/mol. The molecular formula is C17H23N3O2. The van der Waals surface area contributed by atoms with Crippen molar-refractivity contribution in [2.24, 2.45) is 0 Å². The number of anilines is 1. The van der Waals surface area contributed by atoms with Crippen LogP contribution in [0.3, 0.4) is 0 Å². The third kappa shape index (κ3) is 3.60. The van der Waals surface area contributed by atoms with Gasteiger partial charge in [0.25, 0.3) is 0 Å². The summed E-state index contributed by atoms with van der Waals surface area (Å²) in [6.07, 6.45) is 6.92. The summed E-state index contributed by atoms with van der Waals surface area (Å²) < 4.78 is 0. The van der Waals surface area contributed by atoms with Crippen molar-refractivity contribution in [2.45, 2.75) is 31.4 Å². The van der Waals surface area contributed by atoms with Crippen LogP contribution in [0.25, 0.3) is 0 Å². The van der Waals surface area contributed by atoms with Gasteiger partial charge in [-0.25, -0.2) is 4.79 Å². The maximum absolute atomic E-state index is 11.7. The second kappa shape index (κ2) is 6.40. The van der Waals surface area contributed by atoms with Crippen molar-refractivity contribution < 1.29 is 9.90 Å². The fourth-order valence-electron chi connectivity index (χ4n) is 2.76. The van der Waals surface area contributed by atoms with E-state index in [2.05, 4.69) is 39.8 Å². The number of nitrogens with one attached hydrogen (secondary N) is 2. The first-order valence-electron chi connectivity index (χ1n) is 7.88.